The van der Waals surface area contributed by atoms with Gasteiger partial charge in [-0.15, -0.1) is 0 Å². The molecule has 4 aliphatic carbocycles. The fourth-order valence-corrected chi connectivity index (χ4v) is 7.31. The van der Waals surface area contributed by atoms with E-state index in [-0.39, 0.29) is 17.2 Å². The number of nitrogens with zero attached hydrogens (tertiary/aromatic N) is 4. The van der Waals surface area contributed by atoms with Crippen molar-refractivity contribution in [2.45, 2.75) is 71.4 Å². The first-order valence-corrected chi connectivity index (χ1v) is 12.8. The number of aromatic nitrogens is 2. The van der Waals surface area contributed by atoms with Gasteiger partial charge in [-0.2, -0.15) is 5.10 Å². The highest BCUT2D eigenvalue weighted by Crippen LogP contribution is 2.60. The molecule has 2 amide bonds. The maximum absolute atomic E-state index is 13.1. The molecular weight excluding hydrogens is 402 g/mol. The van der Waals surface area contributed by atoms with Crippen molar-refractivity contribution in [1.82, 2.24) is 24.9 Å². The van der Waals surface area contributed by atoms with Gasteiger partial charge < -0.3 is 10.2 Å². The molecule has 0 unspecified atom stereocenters. The summed E-state index contributed by atoms with van der Waals surface area (Å²) in [5, 5.41) is 7.53. The van der Waals surface area contributed by atoms with Gasteiger partial charge in [0.1, 0.15) is 0 Å². The fraction of sp³-hybridized carbons (Fsp3) is 0.800. The molecule has 6 rings (SSSR count). The van der Waals surface area contributed by atoms with Crippen LogP contribution in [0.15, 0.2) is 12.4 Å². The van der Waals surface area contributed by atoms with Crippen LogP contribution in [-0.2, 0) is 22.7 Å². The van der Waals surface area contributed by atoms with Gasteiger partial charge in [-0.1, -0.05) is 0 Å². The predicted octanol–water partition coefficient (Wildman–Crippen LogP) is 2.66. The molecule has 176 valence electrons. The number of aryl methyl sites for hydroxylation is 1. The van der Waals surface area contributed by atoms with Gasteiger partial charge in [0.2, 0.25) is 11.8 Å². The van der Waals surface area contributed by atoms with Gasteiger partial charge in [-0.25, -0.2) is 0 Å². The highest BCUT2D eigenvalue weighted by Gasteiger charge is 2.54. The first-order chi connectivity index (χ1) is 15.5. The first-order valence-electron chi connectivity index (χ1n) is 12.8. The van der Waals surface area contributed by atoms with Crippen molar-refractivity contribution in [3.05, 3.63) is 18.0 Å². The van der Waals surface area contributed by atoms with Gasteiger partial charge in [0.15, 0.2) is 0 Å². The Morgan fingerprint density at radius 1 is 1.06 bits per heavy atom. The van der Waals surface area contributed by atoms with Crippen molar-refractivity contribution in [1.29, 1.82) is 0 Å². The zero-order valence-corrected chi connectivity index (χ0v) is 19.6. The van der Waals surface area contributed by atoms with Crippen LogP contribution in [0, 0.1) is 23.2 Å². The third kappa shape index (κ3) is 4.59. The first kappa shape index (κ1) is 21.9. The quantitative estimate of drug-likeness (QED) is 0.706. The van der Waals surface area contributed by atoms with Gasteiger partial charge in [-0.05, 0) is 69.6 Å². The minimum absolute atomic E-state index is 0.119. The number of rotatable bonds is 7. The average Bonchev–Trinajstić information content (AvgIpc) is 3.09. The Kier molecular flexibility index (Phi) is 6.28. The Morgan fingerprint density at radius 2 is 1.78 bits per heavy atom. The molecule has 0 radical (unpaired) electrons. The SMILES string of the molecule is CCn1cc(CN2CCCN(C(=O)CCNC(=O)C34CC5CC(CC(C5)C3)C4)CC2)cn1. The Hall–Kier alpha value is -1.89. The maximum atomic E-state index is 13.1. The lowest BCUT2D eigenvalue weighted by atomic mass is 9.49. The largest absolute Gasteiger partial charge is 0.355 e. The van der Waals surface area contributed by atoms with Crippen LogP contribution in [0.1, 0.15) is 63.9 Å². The second kappa shape index (κ2) is 9.16. The van der Waals surface area contributed by atoms with E-state index in [2.05, 4.69) is 28.4 Å². The summed E-state index contributed by atoms with van der Waals surface area (Å²) in [6.07, 6.45) is 12.8. The molecule has 2 heterocycles. The molecule has 7 nitrogen and oxygen atoms in total. The van der Waals surface area contributed by atoms with Crippen LogP contribution in [0.5, 0.6) is 0 Å². The van der Waals surface area contributed by atoms with Gasteiger partial charge >= 0.3 is 0 Å². The minimum atomic E-state index is -0.119. The van der Waals surface area contributed by atoms with Crippen LogP contribution in [0.4, 0.5) is 0 Å². The van der Waals surface area contributed by atoms with Crippen LogP contribution in [0.3, 0.4) is 0 Å². The Morgan fingerprint density at radius 3 is 2.44 bits per heavy atom. The number of hydrogen-bond acceptors (Lipinski definition) is 4. The normalized spacial score (nSPS) is 32.2. The summed E-state index contributed by atoms with van der Waals surface area (Å²) >= 11 is 0. The molecule has 0 atom stereocenters. The number of carbonyl (C=O) groups excluding carboxylic acids is 2. The molecule has 0 aromatic carbocycles. The maximum Gasteiger partial charge on any atom is 0.226 e. The van der Waals surface area contributed by atoms with Crippen LogP contribution in [-0.4, -0.2) is 64.1 Å². The molecule has 4 bridgehead atoms. The number of carbonyl (C=O) groups is 2. The van der Waals surface area contributed by atoms with Gasteiger partial charge in [0, 0.05) is 69.4 Å². The van der Waals surface area contributed by atoms with E-state index in [1.165, 1.54) is 24.8 Å². The highest BCUT2D eigenvalue weighted by molar-refractivity contribution is 5.84. The van der Waals surface area contributed by atoms with Crippen molar-refractivity contribution < 1.29 is 9.59 Å². The van der Waals surface area contributed by atoms with Crippen LogP contribution in [0.2, 0.25) is 0 Å². The van der Waals surface area contributed by atoms with Gasteiger partial charge in [-0.3, -0.25) is 19.2 Å². The summed E-state index contributed by atoms with van der Waals surface area (Å²) in [6, 6.07) is 0. The monoisotopic (exact) mass is 441 g/mol. The summed E-state index contributed by atoms with van der Waals surface area (Å²) in [5.74, 6) is 2.72. The lowest BCUT2D eigenvalue weighted by molar-refractivity contribution is -0.146. The highest BCUT2D eigenvalue weighted by atomic mass is 16.2. The van der Waals surface area contributed by atoms with Crippen molar-refractivity contribution >= 4 is 11.8 Å². The third-order valence-electron chi connectivity index (χ3n) is 8.50. The van der Waals surface area contributed by atoms with E-state index in [1.807, 2.05) is 15.8 Å². The molecule has 1 N–H and O–H groups in total. The Bertz CT molecular complexity index is 799. The van der Waals surface area contributed by atoms with E-state index in [0.717, 1.165) is 82.7 Å². The third-order valence-corrected chi connectivity index (χ3v) is 8.50. The van der Waals surface area contributed by atoms with Crippen molar-refractivity contribution in [2.75, 3.05) is 32.7 Å². The van der Waals surface area contributed by atoms with Crippen LogP contribution < -0.4 is 5.32 Å². The van der Waals surface area contributed by atoms with Crippen molar-refractivity contribution in [2.24, 2.45) is 23.2 Å². The molecule has 7 heteroatoms. The zero-order chi connectivity index (χ0) is 22.1. The van der Waals surface area contributed by atoms with E-state index < -0.39 is 0 Å². The van der Waals surface area contributed by atoms with Crippen molar-refractivity contribution in [3.63, 3.8) is 0 Å². The van der Waals surface area contributed by atoms with E-state index in [9.17, 15) is 9.59 Å². The van der Waals surface area contributed by atoms with Gasteiger partial charge in [0.05, 0.1) is 6.20 Å². The fourth-order valence-electron chi connectivity index (χ4n) is 7.31. The number of amides is 2. The molecule has 1 aliphatic heterocycles. The predicted molar refractivity (Wildman–Crippen MR) is 123 cm³/mol. The molecule has 1 aromatic heterocycles. The molecule has 4 saturated carbocycles. The standard InChI is InChI=1S/C25H39N5O2/c1-2-30-18-22(16-27-30)17-28-6-3-7-29(9-8-28)23(31)4-5-26-24(32)25-13-19-10-20(14-25)12-21(11-19)15-25/h16,18-21H,2-15,17H2,1H3,(H,26,32). The lowest BCUT2D eigenvalue weighted by Crippen LogP contribution is -2.53. The summed E-state index contributed by atoms with van der Waals surface area (Å²) in [6.45, 7) is 7.83. The number of hydrogen-bond donors (Lipinski definition) is 1. The molecule has 1 aromatic rings. The Labute approximate surface area is 191 Å². The topological polar surface area (TPSA) is 70.5 Å². The van der Waals surface area contributed by atoms with Gasteiger partial charge in [0.25, 0.3) is 0 Å². The molecule has 5 aliphatic rings. The zero-order valence-electron chi connectivity index (χ0n) is 19.6. The number of nitrogens with one attached hydrogen (secondary N) is 1. The van der Waals surface area contributed by atoms with Crippen molar-refractivity contribution in [3.8, 4) is 0 Å². The van der Waals surface area contributed by atoms with E-state index in [1.54, 1.807) is 0 Å². The molecule has 0 spiro atoms. The van der Waals surface area contributed by atoms with E-state index >= 15 is 0 Å². The second-order valence-corrected chi connectivity index (χ2v) is 10.9. The molecule has 32 heavy (non-hydrogen) atoms. The summed E-state index contributed by atoms with van der Waals surface area (Å²) in [4.78, 5) is 30.3. The smallest absolute Gasteiger partial charge is 0.226 e. The van der Waals surface area contributed by atoms with E-state index in [4.69, 9.17) is 0 Å². The van der Waals surface area contributed by atoms with Crippen LogP contribution >= 0.6 is 0 Å². The molecule has 5 fully saturated rings. The summed E-state index contributed by atoms with van der Waals surface area (Å²) in [5.41, 5.74) is 1.12. The molecular formula is C25H39N5O2. The summed E-state index contributed by atoms with van der Waals surface area (Å²) in [7, 11) is 0. The van der Waals surface area contributed by atoms with E-state index in [0.29, 0.717) is 13.0 Å². The Balaban J connectivity index is 1.06. The summed E-state index contributed by atoms with van der Waals surface area (Å²) < 4.78 is 1.96. The molecule has 1 saturated heterocycles. The lowest BCUT2D eigenvalue weighted by Gasteiger charge is -2.55. The van der Waals surface area contributed by atoms with Crippen LogP contribution in [0.25, 0.3) is 0 Å². The second-order valence-electron chi connectivity index (χ2n) is 10.9. The average molecular weight is 442 g/mol. The minimum Gasteiger partial charge on any atom is -0.355 e.